The van der Waals surface area contributed by atoms with Gasteiger partial charge >= 0.3 is 11.9 Å². The molecule has 0 spiro atoms. The van der Waals surface area contributed by atoms with Gasteiger partial charge in [-0.05, 0) is 41.9 Å². The van der Waals surface area contributed by atoms with Crippen molar-refractivity contribution in [3.63, 3.8) is 0 Å². The van der Waals surface area contributed by atoms with Gasteiger partial charge in [0.05, 0.1) is 12.2 Å². The predicted octanol–water partition coefficient (Wildman–Crippen LogP) is 2.98. The van der Waals surface area contributed by atoms with E-state index in [-0.39, 0.29) is 18.4 Å². The highest BCUT2D eigenvalue weighted by Gasteiger charge is 2.18. The van der Waals surface area contributed by atoms with Gasteiger partial charge in [-0.1, -0.05) is 11.6 Å². The van der Waals surface area contributed by atoms with Crippen molar-refractivity contribution in [1.82, 2.24) is 10.2 Å². The van der Waals surface area contributed by atoms with Gasteiger partial charge in [0, 0.05) is 4.47 Å². The fourth-order valence-corrected chi connectivity index (χ4v) is 1.83. The number of ether oxygens (including phenoxy) is 1. The molecule has 0 saturated carbocycles. The van der Waals surface area contributed by atoms with Crippen molar-refractivity contribution < 1.29 is 13.9 Å². The van der Waals surface area contributed by atoms with E-state index in [0.29, 0.717) is 0 Å². The number of hydrogen-bond acceptors (Lipinski definition) is 5. The van der Waals surface area contributed by atoms with Crippen LogP contribution in [0.5, 0.6) is 0 Å². The van der Waals surface area contributed by atoms with Gasteiger partial charge in [0.15, 0.2) is 0 Å². The van der Waals surface area contributed by atoms with E-state index in [9.17, 15) is 4.79 Å². The molecule has 2 rings (SSSR count). The number of nitrogens with zero attached hydrogens (tertiary/aromatic N) is 2. The summed E-state index contributed by atoms with van der Waals surface area (Å²) in [4.78, 5) is 11.4. The van der Waals surface area contributed by atoms with Crippen molar-refractivity contribution in [3.05, 3.63) is 34.1 Å². The lowest BCUT2D eigenvalue weighted by Crippen LogP contribution is -2.04. The van der Waals surface area contributed by atoms with Crippen molar-refractivity contribution in [2.75, 3.05) is 6.61 Å². The number of aromatic nitrogens is 2. The highest BCUT2D eigenvalue weighted by Crippen LogP contribution is 2.28. The summed E-state index contributed by atoms with van der Waals surface area (Å²) < 4.78 is 10.9. The van der Waals surface area contributed by atoms with Crippen LogP contribution in [0.25, 0.3) is 11.5 Å². The van der Waals surface area contributed by atoms with Gasteiger partial charge in [0.25, 0.3) is 0 Å². The van der Waals surface area contributed by atoms with E-state index in [2.05, 4.69) is 26.1 Å². The van der Waals surface area contributed by atoms with Crippen LogP contribution in [0.3, 0.4) is 0 Å². The predicted molar refractivity (Wildman–Crippen MR) is 68.1 cm³/mol. The molecule has 1 aromatic carbocycles. The van der Waals surface area contributed by atoms with Crippen LogP contribution in [-0.4, -0.2) is 22.8 Å². The molecule has 0 atom stereocenters. The van der Waals surface area contributed by atoms with Gasteiger partial charge in [-0.25, -0.2) is 4.79 Å². The van der Waals surface area contributed by atoms with Crippen molar-refractivity contribution in [1.29, 1.82) is 0 Å². The molecule has 18 heavy (non-hydrogen) atoms. The molecule has 1 heterocycles. The Morgan fingerprint density at radius 3 is 2.94 bits per heavy atom. The van der Waals surface area contributed by atoms with Crippen LogP contribution in [0.1, 0.15) is 23.2 Å². The summed E-state index contributed by atoms with van der Waals surface area (Å²) in [6.07, 6.45) is 0. The standard InChI is InChI=1S/C12H11BrN2O3/c1-3-17-12(16)11-15-14-10(18-11)8-6-7(2)4-5-9(8)13/h4-6H,3H2,1-2H3. The van der Waals surface area contributed by atoms with Crippen LogP contribution in [0.15, 0.2) is 27.1 Å². The first kappa shape index (κ1) is 12.8. The molecule has 0 N–H and O–H groups in total. The molecular formula is C12H11BrN2O3. The quantitative estimate of drug-likeness (QED) is 0.815. The first-order valence-corrected chi connectivity index (χ1v) is 6.18. The van der Waals surface area contributed by atoms with Gasteiger partial charge in [-0.15, -0.1) is 10.2 Å². The average Bonchev–Trinajstić information content (AvgIpc) is 2.82. The summed E-state index contributed by atoms with van der Waals surface area (Å²) in [5.41, 5.74) is 1.81. The van der Waals surface area contributed by atoms with Gasteiger partial charge in [0.2, 0.25) is 5.89 Å². The van der Waals surface area contributed by atoms with Crippen molar-refractivity contribution in [3.8, 4) is 11.5 Å². The third-order valence-electron chi connectivity index (χ3n) is 2.23. The van der Waals surface area contributed by atoms with Crippen LogP contribution in [0.4, 0.5) is 0 Å². The maximum absolute atomic E-state index is 11.4. The second-order valence-electron chi connectivity index (χ2n) is 3.62. The van der Waals surface area contributed by atoms with E-state index in [1.54, 1.807) is 6.92 Å². The van der Waals surface area contributed by atoms with Crippen LogP contribution >= 0.6 is 15.9 Å². The van der Waals surface area contributed by atoms with E-state index in [1.165, 1.54) is 0 Å². The minimum atomic E-state index is -0.611. The lowest BCUT2D eigenvalue weighted by atomic mass is 10.1. The Morgan fingerprint density at radius 2 is 2.22 bits per heavy atom. The third-order valence-corrected chi connectivity index (χ3v) is 2.92. The number of esters is 1. The number of rotatable bonds is 3. The second kappa shape index (κ2) is 5.30. The van der Waals surface area contributed by atoms with Gasteiger partial charge in [0.1, 0.15) is 0 Å². The number of carbonyl (C=O) groups excluding carboxylic acids is 1. The summed E-state index contributed by atoms with van der Waals surface area (Å²) in [6.45, 7) is 3.94. The summed E-state index contributed by atoms with van der Waals surface area (Å²) in [6, 6.07) is 5.74. The number of aryl methyl sites for hydroxylation is 1. The lowest BCUT2D eigenvalue weighted by Gasteiger charge is -2.00. The molecule has 5 nitrogen and oxygen atoms in total. The molecule has 0 fully saturated rings. The van der Waals surface area contributed by atoms with E-state index in [1.807, 2.05) is 25.1 Å². The summed E-state index contributed by atoms with van der Waals surface area (Å²) >= 11 is 3.40. The largest absolute Gasteiger partial charge is 0.459 e. The van der Waals surface area contributed by atoms with Gasteiger partial charge < -0.3 is 9.15 Å². The number of carbonyl (C=O) groups is 1. The Labute approximate surface area is 112 Å². The van der Waals surface area contributed by atoms with E-state index in [0.717, 1.165) is 15.6 Å². The van der Waals surface area contributed by atoms with Crippen LogP contribution in [-0.2, 0) is 4.74 Å². The molecule has 0 aliphatic carbocycles. The monoisotopic (exact) mass is 310 g/mol. The van der Waals surface area contributed by atoms with Crippen LogP contribution in [0, 0.1) is 6.92 Å². The van der Waals surface area contributed by atoms with Crippen LogP contribution in [0.2, 0.25) is 0 Å². The average molecular weight is 311 g/mol. The van der Waals surface area contributed by atoms with Crippen molar-refractivity contribution in [2.45, 2.75) is 13.8 Å². The summed E-state index contributed by atoms with van der Waals surface area (Å²) in [5.74, 6) is -0.464. The second-order valence-corrected chi connectivity index (χ2v) is 4.47. The molecule has 0 radical (unpaired) electrons. The van der Waals surface area contributed by atoms with E-state index in [4.69, 9.17) is 9.15 Å². The zero-order chi connectivity index (χ0) is 13.1. The maximum Gasteiger partial charge on any atom is 0.396 e. The Kier molecular flexibility index (Phi) is 3.76. The molecule has 0 aliphatic heterocycles. The highest BCUT2D eigenvalue weighted by molar-refractivity contribution is 9.10. The topological polar surface area (TPSA) is 65.2 Å². The Balaban J connectivity index is 2.35. The summed E-state index contributed by atoms with van der Waals surface area (Å²) in [7, 11) is 0. The number of benzene rings is 1. The molecule has 0 aliphatic rings. The Hall–Kier alpha value is -1.69. The minimum absolute atomic E-state index is 0.139. The molecule has 0 saturated heterocycles. The third kappa shape index (κ3) is 2.59. The fraction of sp³-hybridized carbons (Fsp3) is 0.250. The maximum atomic E-state index is 11.4. The smallest absolute Gasteiger partial charge is 0.396 e. The normalized spacial score (nSPS) is 10.4. The van der Waals surface area contributed by atoms with Crippen LogP contribution < -0.4 is 0 Å². The van der Waals surface area contributed by atoms with Crippen molar-refractivity contribution in [2.24, 2.45) is 0 Å². The molecule has 0 bridgehead atoms. The molecule has 1 aromatic heterocycles. The van der Waals surface area contributed by atoms with Gasteiger partial charge in [-0.2, -0.15) is 0 Å². The Morgan fingerprint density at radius 1 is 1.44 bits per heavy atom. The number of halogens is 1. The highest BCUT2D eigenvalue weighted by atomic mass is 79.9. The molecule has 94 valence electrons. The molecular weight excluding hydrogens is 300 g/mol. The van der Waals surface area contributed by atoms with E-state index >= 15 is 0 Å². The lowest BCUT2D eigenvalue weighted by molar-refractivity contribution is 0.0481. The van der Waals surface area contributed by atoms with E-state index < -0.39 is 5.97 Å². The molecule has 2 aromatic rings. The number of hydrogen-bond donors (Lipinski definition) is 0. The summed E-state index contributed by atoms with van der Waals surface area (Å²) in [5, 5.41) is 7.51. The first-order chi connectivity index (χ1) is 8.61. The zero-order valence-corrected chi connectivity index (χ0v) is 11.5. The fourth-order valence-electron chi connectivity index (χ4n) is 1.41. The zero-order valence-electron chi connectivity index (χ0n) is 9.94. The van der Waals surface area contributed by atoms with Gasteiger partial charge in [-0.3, -0.25) is 0 Å². The molecule has 0 amide bonds. The Bertz CT molecular complexity index is 580. The molecule has 0 unspecified atom stereocenters. The molecule has 6 heteroatoms. The first-order valence-electron chi connectivity index (χ1n) is 5.39. The van der Waals surface area contributed by atoms with Crippen molar-refractivity contribution >= 4 is 21.9 Å². The minimum Gasteiger partial charge on any atom is -0.459 e. The SMILES string of the molecule is CCOC(=O)c1nnc(-c2cc(C)ccc2Br)o1.